The number of benzene rings is 1. The molecule has 2 amide bonds. The first-order chi connectivity index (χ1) is 13.1. The lowest BCUT2D eigenvalue weighted by Crippen LogP contribution is -2.49. The molecule has 2 fully saturated rings. The Morgan fingerprint density at radius 2 is 1.70 bits per heavy atom. The zero-order chi connectivity index (χ0) is 18.9. The number of hydrogen-bond acceptors (Lipinski definition) is 4. The summed E-state index contributed by atoms with van der Waals surface area (Å²) < 4.78 is 0. The second-order valence-corrected chi connectivity index (χ2v) is 7.69. The van der Waals surface area contributed by atoms with E-state index in [9.17, 15) is 9.59 Å². The molecule has 4 rings (SSSR count). The van der Waals surface area contributed by atoms with Crippen LogP contribution in [0.15, 0.2) is 42.5 Å². The number of nitrogens with one attached hydrogen (secondary N) is 1. The van der Waals surface area contributed by atoms with Crippen LogP contribution in [-0.2, 0) is 4.79 Å². The molecule has 1 aromatic heterocycles. The number of rotatable bonds is 4. The van der Waals surface area contributed by atoms with E-state index in [0.717, 1.165) is 31.5 Å². The zero-order valence-corrected chi connectivity index (χ0v) is 15.5. The molecule has 140 valence electrons. The third-order valence-corrected chi connectivity index (χ3v) is 5.78. The largest absolute Gasteiger partial charge is 0.341 e. The van der Waals surface area contributed by atoms with E-state index in [1.807, 2.05) is 35.2 Å². The van der Waals surface area contributed by atoms with Crippen molar-refractivity contribution in [3.05, 3.63) is 48.2 Å². The van der Waals surface area contributed by atoms with Gasteiger partial charge in [-0.25, -0.2) is 0 Å². The van der Waals surface area contributed by atoms with E-state index in [-0.39, 0.29) is 17.5 Å². The van der Waals surface area contributed by atoms with E-state index in [2.05, 4.69) is 15.5 Å². The molecule has 1 N–H and O–H groups in total. The van der Waals surface area contributed by atoms with Crippen molar-refractivity contribution in [1.29, 1.82) is 0 Å². The summed E-state index contributed by atoms with van der Waals surface area (Å²) in [7, 11) is 0. The minimum atomic E-state index is -0.568. The lowest BCUT2D eigenvalue weighted by molar-refractivity contribution is -0.134. The van der Waals surface area contributed by atoms with Crippen molar-refractivity contribution in [3.8, 4) is 11.3 Å². The van der Waals surface area contributed by atoms with E-state index in [0.29, 0.717) is 11.1 Å². The van der Waals surface area contributed by atoms with Crippen molar-refractivity contribution in [3.63, 3.8) is 0 Å². The molecule has 1 unspecified atom stereocenters. The Balaban J connectivity index is 1.34. The summed E-state index contributed by atoms with van der Waals surface area (Å²) in [5.41, 5.74) is 2.39. The van der Waals surface area contributed by atoms with Gasteiger partial charge in [-0.1, -0.05) is 30.3 Å². The fourth-order valence-electron chi connectivity index (χ4n) is 3.70. The van der Waals surface area contributed by atoms with Gasteiger partial charge in [0.25, 0.3) is 5.91 Å². The molecule has 2 aliphatic rings. The standard InChI is InChI=1S/C21H24N4O2/c1-15(20(27)25-13-11-21(9-10-21)12-14-25)22-19(26)18-8-7-17(23-24-18)16-5-3-2-4-6-16/h2-8,15H,9-14H2,1H3,(H,22,26). The summed E-state index contributed by atoms with van der Waals surface area (Å²) in [6, 6.07) is 12.5. The number of likely N-dealkylation sites (tertiary alicyclic amines) is 1. The topological polar surface area (TPSA) is 75.2 Å². The number of aromatic nitrogens is 2. The second-order valence-electron chi connectivity index (χ2n) is 7.69. The first-order valence-electron chi connectivity index (χ1n) is 9.55. The molecule has 1 aliphatic carbocycles. The zero-order valence-electron chi connectivity index (χ0n) is 15.5. The molecule has 2 aromatic rings. The maximum absolute atomic E-state index is 12.6. The van der Waals surface area contributed by atoms with Crippen LogP contribution in [0.4, 0.5) is 0 Å². The van der Waals surface area contributed by atoms with Gasteiger partial charge in [-0.2, -0.15) is 0 Å². The summed E-state index contributed by atoms with van der Waals surface area (Å²) in [6.07, 6.45) is 4.79. The van der Waals surface area contributed by atoms with Gasteiger partial charge >= 0.3 is 0 Å². The molecule has 0 bridgehead atoms. The highest BCUT2D eigenvalue weighted by atomic mass is 16.2. The van der Waals surface area contributed by atoms with Gasteiger partial charge in [-0.15, -0.1) is 10.2 Å². The van der Waals surface area contributed by atoms with Crippen LogP contribution in [0, 0.1) is 5.41 Å². The quantitative estimate of drug-likeness (QED) is 0.905. The average Bonchev–Trinajstić information content (AvgIpc) is 3.47. The Labute approximate surface area is 159 Å². The predicted molar refractivity (Wildman–Crippen MR) is 102 cm³/mol. The molecule has 6 nitrogen and oxygen atoms in total. The normalized spacial score (nSPS) is 18.8. The van der Waals surface area contributed by atoms with Gasteiger partial charge in [-0.05, 0) is 50.2 Å². The van der Waals surface area contributed by atoms with E-state index in [1.54, 1.807) is 19.1 Å². The molecule has 1 saturated heterocycles. The van der Waals surface area contributed by atoms with Crippen LogP contribution < -0.4 is 5.32 Å². The Bertz CT molecular complexity index is 821. The average molecular weight is 364 g/mol. The fraction of sp³-hybridized carbons (Fsp3) is 0.429. The van der Waals surface area contributed by atoms with E-state index in [4.69, 9.17) is 0 Å². The van der Waals surface area contributed by atoms with Crippen molar-refractivity contribution < 1.29 is 9.59 Å². The maximum Gasteiger partial charge on any atom is 0.272 e. The Kier molecular flexibility index (Phi) is 4.64. The van der Waals surface area contributed by atoms with Gasteiger partial charge in [0.1, 0.15) is 6.04 Å². The summed E-state index contributed by atoms with van der Waals surface area (Å²) in [4.78, 5) is 26.9. The molecule has 27 heavy (non-hydrogen) atoms. The van der Waals surface area contributed by atoms with Crippen LogP contribution in [0.25, 0.3) is 11.3 Å². The Morgan fingerprint density at radius 3 is 2.30 bits per heavy atom. The predicted octanol–water partition coefficient (Wildman–Crippen LogP) is 2.66. The lowest BCUT2D eigenvalue weighted by atomic mass is 9.93. The molecular weight excluding hydrogens is 340 g/mol. The van der Waals surface area contributed by atoms with Crippen LogP contribution in [0.3, 0.4) is 0 Å². The van der Waals surface area contributed by atoms with E-state index < -0.39 is 6.04 Å². The maximum atomic E-state index is 12.6. The first kappa shape index (κ1) is 17.6. The molecular formula is C21H24N4O2. The van der Waals surface area contributed by atoms with Gasteiger partial charge in [0.15, 0.2) is 5.69 Å². The van der Waals surface area contributed by atoms with Crippen LogP contribution in [0.5, 0.6) is 0 Å². The van der Waals surface area contributed by atoms with Crippen LogP contribution in [0.1, 0.15) is 43.1 Å². The molecule has 1 spiro atoms. The molecule has 6 heteroatoms. The van der Waals surface area contributed by atoms with E-state index in [1.165, 1.54) is 12.8 Å². The van der Waals surface area contributed by atoms with E-state index >= 15 is 0 Å². The van der Waals surface area contributed by atoms with Gasteiger partial charge in [0.05, 0.1) is 5.69 Å². The second kappa shape index (κ2) is 7.10. The molecule has 2 heterocycles. The highest BCUT2D eigenvalue weighted by Crippen LogP contribution is 2.53. The lowest BCUT2D eigenvalue weighted by Gasteiger charge is -2.33. The number of nitrogens with zero attached hydrogens (tertiary/aromatic N) is 3. The number of amides is 2. The highest BCUT2D eigenvalue weighted by molar-refractivity contribution is 5.96. The van der Waals surface area contributed by atoms with Gasteiger partial charge in [-0.3, -0.25) is 9.59 Å². The van der Waals surface area contributed by atoms with Gasteiger partial charge < -0.3 is 10.2 Å². The van der Waals surface area contributed by atoms with Gasteiger partial charge in [0.2, 0.25) is 5.91 Å². The minimum absolute atomic E-state index is 0.0206. The van der Waals surface area contributed by atoms with Crippen LogP contribution in [-0.4, -0.2) is 46.0 Å². The summed E-state index contributed by atoms with van der Waals surface area (Å²) in [5, 5.41) is 10.9. The Morgan fingerprint density at radius 1 is 1.00 bits per heavy atom. The summed E-state index contributed by atoms with van der Waals surface area (Å²) >= 11 is 0. The number of piperidine rings is 1. The first-order valence-corrected chi connectivity index (χ1v) is 9.55. The van der Waals surface area contributed by atoms with Crippen LogP contribution in [0.2, 0.25) is 0 Å². The molecule has 0 radical (unpaired) electrons. The summed E-state index contributed by atoms with van der Waals surface area (Å²) in [6.45, 7) is 3.32. The SMILES string of the molecule is CC(NC(=O)c1ccc(-c2ccccc2)nn1)C(=O)N1CCC2(CC1)CC2. The molecule has 1 aliphatic heterocycles. The summed E-state index contributed by atoms with van der Waals surface area (Å²) in [5.74, 6) is -0.397. The van der Waals surface area contributed by atoms with Crippen molar-refractivity contribution >= 4 is 11.8 Å². The fourth-order valence-corrected chi connectivity index (χ4v) is 3.70. The number of carbonyl (C=O) groups excluding carboxylic acids is 2. The molecule has 1 atom stereocenters. The van der Waals surface area contributed by atoms with Crippen molar-refractivity contribution in [1.82, 2.24) is 20.4 Å². The van der Waals surface area contributed by atoms with Crippen molar-refractivity contribution in [2.45, 2.75) is 38.6 Å². The molecule has 1 saturated carbocycles. The van der Waals surface area contributed by atoms with Crippen molar-refractivity contribution in [2.75, 3.05) is 13.1 Å². The third kappa shape index (κ3) is 3.84. The third-order valence-electron chi connectivity index (χ3n) is 5.78. The monoisotopic (exact) mass is 364 g/mol. The number of hydrogen-bond donors (Lipinski definition) is 1. The van der Waals surface area contributed by atoms with Crippen LogP contribution >= 0.6 is 0 Å². The minimum Gasteiger partial charge on any atom is -0.341 e. The smallest absolute Gasteiger partial charge is 0.272 e. The van der Waals surface area contributed by atoms with Gasteiger partial charge in [0, 0.05) is 18.7 Å². The molecule has 1 aromatic carbocycles. The highest BCUT2D eigenvalue weighted by Gasteiger charge is 2.45. The van der Waals surface area contributed by atoms with Crippen molar-refractivity contribution in [2.24, 2.45) is 5.41 Å². The Hall–Kier alpha value is -2.76. The number of carbonyl (C=O) groups is 2.